The fourth-order valence-corrected chi connectivity index (χ4v) is 7.67. The van der Waals surface area contributed by atoms with Crippen LogP contribution >= 0.6 is 0 Å². The number of carbonyl (C=O) groups is 4. The van der Waals surface area contributed by atoms with Crippen molar-refractivity contribution in [3.63, 3.8) is 0 Å². The summed E-state index contributed by atoms with van der Waals surface area (Å²) in [6.45, 7) is 15.6. The van der Waals surface area contributed by atoms with Gasteiger partial charge in [-0.2, -0.15) is 0 Å². The van der Waals surface area contributed by atoms with Crippen molar-refractivity contribution < 1.29 is 57.9 Å². The summed E-state index contributed by atoms with van der Waals surface area (Å²) in [5, 5.41) is 41.9. The summed E-state index contributed by atoms with van der Waals surface area (Å²) in [7, 11) is 4.21. The molecule has 4 amide bonds. The quantitative estimate of drug-likeness (QED) is 0.102. The molecule has 2 atom stereocenters. The lowest BCUT2D eigenvalue weighted by Crippen LogP contribution is -2.51. The average Bonchev–Trinajstić information content (AvgIpc) is 3.36. The Morgan fingerprint density at radius 2 is 0.847 bits per heavy atom. The van der Waals surface area contributed by atoms with Crippen LogP contribution in [-0.4, -0.2) is 132 Å². The van der Waals surface area contributed by atoms with Crippen molar-refractivity contribution in [1.29, 1.82) is 0 Å². The molecule has 0 unspecified atom stereocenters. The largest absolute Gasteiger partial charge is 0.547 e. The number of benzene rings is 4. The molecule has 0 radical (unpaired) electrons. The normalized spacial score (nSPS) is 15.2. The van der Waals surface area contributed by atoms with Crippen molar-refractivity contribution in [3.8, 4) is 11.5 Å². The molecule has 0 spiro atoms. The number of nitrogens with one attached hydrogen (secondary N) is 2. The van der Waals surface area contributed by atoms with Crippen molar-refractivity contribution in [3.05, 3.63) is 131 Å². The van der Waals surface area contributed by atoms with Gasteiger partial charge in [-0.1, -0.05) is 76.2 Å². The van der Waals surface area contributed by atoms with Crippen LogP contribution in [0.1, 0.15) is 75.6 Å². The first-order chi connectivity index (χ1) is 34.3. The van der Waals surface area contributed by atoms with Gasteiger partial charge < -0.3 is 69.7 Å². The number of amides is 4. The van der Waals surface area contributed by atoms with Crippen LogP contribution in [0.2, 0.25) is 0 Å². The summed E-state index contributed by atoms with van der Waals surface area (Å²) < 4.78 is 38.0. The number of halogens is 2. The first-order valence-electron chi connectivity index (χ1n) is 24.4. The summed E-state index contributed by atoms with van der Waals surface area (Å²) in [5.41, 5.74) is 3.91. The Morgan fingerprint density at radius 3 is 1.12 bits per heavy atom. The number of ether oxygens (including phenoxy) is 2. The van der Waals surface area contributed by atoms with Crippen LogP contribution in [0.15, 0.2) is 97.1 Å². The molecule has 0 bridgehead atoms. The second-order valence-electron chi connectivity index (χ2n) is 19.1. The van der Waals surface area contributed by atoms with Crippen LogP contribution < -0.4 is 30.3 Å². The molecule has 16 nitrogen and oxygen atoms in total. The molecule has 394 valence electrons. The van der Waals surface area contributed by atoms with E-state index in [0.717, 1.165) is 85.6 Å². The maximum Gasteiger partial charge on any atom is 0.318 e. The van der Waals surface area contributed by atoms with Gasteiger partial charge >= 0.3 is 12.1 Å². The molecule has 2 aliphatic rings. The molecular formula is C54H72F2N6O10-2. The van der Waals surface area contributed by atoms with Gasteiger partial charge in [-0.15, -0.1) is 0 Å². The Labute approximate surface area is 422 Å². The molecule has 4 aromatic rings. The Hall–Kier alpha value is -6.34. The Morgan fingerprint density at radius 1 is 0.556 bits per heavy atom. The first kappa shape index (κ1) is 58.2. The summed E-state index contributed by atoms with van der Waals surface area (Å²) in [4.78, 5) is 53.9. The predicted molar refractivity (Wildman–Crippen MR) is 265 cm³/mol. The molecule has 2 aliphatic heterocycles. The van der Waals surface area contributed by atoms with E-state index in [0.29, 0.717) is 51.2 Å². The van der Waals surface area contributed by atoms with Crippen LogP contribution in [0.25, 0.3) is 0 Å². The van der Waals surface area contributed by atoms with Crippen molar-refractivity contribution in [1.82, 2.24) is 30.2 Å². The zero-order chi connectivity index (χ0) is 52.7. The smallest absolute Gasteiger partial charge is 0.318 e. The fourth-order valence-electron chi connectivity index (χ4n) is 7.67. The van der Waals surface area contributed by atoms with Crippen molar-refractivity contribution >= 4 is 24.0 Å². The highest BCUT2D eigenvalue weighted by atomic mass is 19.1. The SMILES string of the molecule is CC(C)COc1ccc(CNC(=O)N(Cc2ccc(F)cc2)C2CCN(C)CC2)cc1.CC(C)COc1ccc(CNC(=O)N(Cc2ccc(F)cc2)C2CCN(C)CC2)cc1.O=C([O-])[C@H](O)[C@@H](O)C(=O)[O-]. The molecule has 2 heterocycles. The highest BCUT2D eigenvalue weighted by Gasteiger charge is 2.29. The molecule has 0 aromatic heterocycles. The number of carbonyl (C=O) groups excluding carboxylic acids is 4. The predicted octanol–water partition coefficient (Wildman–Crippen LogP) is 4.54. The number of hydrogen-bond acceptors (Lipinski definition) is 12. The lowest BCUT2D eigenvalue weighted by atomic mass is 10.0. The van der Waals surface area contributed by atoms with Crippen molar-refractivity contribution in [2.75, 3.05) is 53.5 Å². The molecule has 2 saturated heterocycles. The van der Waals surface area contributed by atoms with Crippen molar-refractivity contribution in [2.45, 2.75) is 104 Å². The third-order valence-corrected chi connectivity index (χ3v) is 12.0. The van der Waals surface area contributed by atoms with E-state index in [2.05, 4.69) is 62.2 Å². The van der Waals surface area contributed by atoms with Gasteiger partial charge in [0.25, 0.3) is 0 Å². The van der Waals surface area contributed by atoms with Crippen LogP contribution in [0.4, 0.5) is 18.4 Å². The monoisotopic (exact) mass is 1000 g/mol. The lowest BCUT2D eigenvalue weighted by molar-refractivity contribution is -0.333. The van der Waals surface area contributed by atoms with E-state index in [1.165, 1.54) is 24.3 Å². The molecule has 6 rings (SSSR count). The Kier molecular flexibility index (Phi) is 24.2. The molecule has 0 aliphatic carbocycles. The van der Waals surface area contributed by atoms with Gasteiger partial charge in [0.2, 0.25) is 0 Å². The summed E-state index contributed by atoms with van der Waals surface area (Å²) >= 11 is 0. The number of nitrogens with zero attached hydrogens (tertiary/aromatic N) is 4. The van der Waals surface area contributed by atoms with E-state index in [9.17, 15) is 38.2 Å². The maximum absolute atomic E-state index is 13.3. The number of likely N-dealkylation sites (tertiary alicyclic amines) is 2. The van der Waals surface area contributed by atoms with Gasteiger partial charge in [-0.25, -0.2) is 18.4 Å². The van der Waals surface area contributed by atoms with E-state index < -0.39 is 24.1 Å². The van der Waals surface area contributed by atoms with Gasteiger partial charge in [-0.3, -0.25) is 0 Å². The van der Waals surface area contributed by atoms with Gasteiger partial charge in [0.05, 0.1) is 25.2 Å². The molecule has 4 aromatic carbocycles. The number of carboxylic acids is 2. The van der Waals surface area contributed by atoms with Gasteiger partial charge in [0.1, 0.15) is 35.3 Å². The van der Waals surface area contributed by atoms with Crippen LogP contribution in [0, 0.1) is 23.5 Å². The van der Waals surface area contributed by atoms with Crippen LogP contribution in [-0.2, 0) is 35.8 Å². The summed E-state index contributed by atoms with van der Waals surface area (Å²) in [6.07, 6.45) is -1.13. The Balaban J connectivity index is 0.000000263. The molecule has 2 fully saturated rings. The molecule has 72 heavy (non-hydrogen) atoms. The number of hydrogen-bond donors (Lipinski definition) is 4. The number of aliphatic hydroxyl groups is 2. The molecular weight excluding hydrogens is 931 g/mol. The topological polar surface area (TPSA) is 210 Å². The maximum atomic E-state index is 13.3. The van der Waals surface area contributed by atoms with E-state index in [1.807, 2.05) is 58.3 Å². The van der Waals surface area contributed by atoms with Crippen LogP contribution in [0.3, 0.4) is 0 Å². The lowest BCUT2D eigenvalue weighted by Gasteiger charge is -2.37. The van der Waals surface area contributed by atoms with E-state index >= 15 is 0 Å². The number of aliphatic carboxylic acids is 2. The third kappa shape index (κ3) is 20.8. The zero-order valence-corrected chi connectivity index (χ0v) is 42.3. The summed E-state index contributed by atoms with van der Waals surface area (Å²) in [6, 6.07) is 28.7. The number of aliphatic hydroxyl groups excluding tert-OH is 2. The van der Waals surface area contributed by atoms with Crippen LogP contribution in [0.5, 0.6) is 11.5 Å². The van der Waals surface area contributed by atoms with Crippen molar-refractivity contribution in [2.24, 2.45) is 11.8 Å². The summed E-state index contributed by atoms with van der Waals surface area (Å²) in [5.74, 6) is -2.01. The minimum atomic E-state index is -2.44. The zero-order valence-electron chi connectivity index (χ0n) is 42.3. The number of piperidine rings is 2. The second kappa shape index (κ2) is 29.9. The molecule has 4 N–H and O–H groups in total. The highest BCUT2D eigenvalue weighted by Crippen LogP contribution is 2.22. The fraction of sp³-hybridized carbons (Fsp3) is 0.481. The van der Waals surface area contributed by atoms with Gasteiger partial charge in [0, 0.05) is 38.3 Å². The average molecular weight is 1000 g/mol. The Bertz CT molecular complexity index is 2080. The molecule has 0 saturated carbocycles. The number of rotatable bonds is 19. The third-order valence-electron chi connectivity index (χ3n) is 12.0. The minimum Gasteiger partial charge on any atom is -0.547 e. The van der Waals surface area contributed by atoms with E-state index in [1.54, 1.807) is 24.3 Å². The first-order valence-corrected chi connectivity index (χ1v) is 24.4. The highest BCUT2D eigenvalue weighted by molar-refractivity contribution is 5.81. The molecule has 18 heteroatoms. The minimum absolute atomic E-state index is 0.0842. The van der Waals surface area contributed by atoms with Gasteiger partial charge in [-0.05, 0) is 149 Å². The van der Waals surface area contributed by atoms with E-state index in [4.69, 9.17) is 19.7 Å². The van der Waals surface area contributed by atoms with E-state index in [-0.39, 0.29) is 35.8 Å². The standard InChI is InChI=1S/2C25H34FN3O2.C4H6O6/c2*1-19(2)18-31-24-10-6-20(7-11-24)16-27-25(30)29(23-12-14-28(3)15-13-23)17-21-4-8-22(26)9-5-21;5-1(3(7)8)2(6)4(9)10/h2*4-11,19,23H,12-18H2,1-3H3,(H,27,30);1-2,5-6H,(H,7,8)(H,9,10)/p-2/t;;1-,2-/m..1/s1. The second-order valence-corrected chi connectivity index (χ2v) is 19.1. The number of carboxylic acid groups (broad SMARTS) is 2. The van der Waals surface area contributed by atoms with Gasteiger partial charge in [0.15, 0.2) is 0 Å². The number of urea groups is 2.